The number of aldehydes is 2. The third kappa shape index (κ3) is 66.7. The number of rotatable bonds is 2. The molecule has 0 aliphatic rings. The molecule has 0 spiro atoms. The van der Waals surface area contributed by atoms with Crippen molar-refractivity contribution in [2.45, 2.75) is 0 Å². The van der Waals surface area contributed by atoms with E-state index in [1.165, 1.54) is 0 Å². The minimum atomic E-state index is -2.61. The first-order chi connectivity index (χ1) is 4.65. The molecule has 0 amide bonds. The van der Waals surface area contributed by atoms with Crippen molar-refractivity contribution in [3.63, 3.8) is 0 Å². The molecule has 0 aromatic heterocycles. The summed E-state index contributed by atoms with van der Waals surface area (Å²) in [7, 11) is 0. The molecule has 0 heterocycles. The molecule has 0 rings (SSSR count). The topological polar surface area (TPSA) is 91.7 Å². The van der Waals surface area contributed by atoms with E-state index in [9.17, 15) is 9.59 Å². The molecule has 0 atom stereocenters. The van der Waals surface area contributed by atoms with E-state index in [1.807, 2.05) is 0 Å². The van der Waals surface area contributed by atoms with Gasteiger partial charge in [0, 0.05) is 0 Å². The van der Waals surface area contributed by atoms with Gasteiger partial charge in [0.2, 0.25) is 0 Å². The van der Waals surface area contributed by atoms with Crippen LogP contribution in [0, 0.1) is 0 Å². The fraction of sp³-hybridized carbons (Fsp3) is 0. The average Bonchev–Trinajstić information content (AvgIpc) is 1.82. The molecule has 5 nitrogen and oxygen atoms in total. The van der Waals surface area contributed by atoms with Crippen LogP contribution in [0.4, 0.5) is 0 Å². The monoisotopic (exact) mass is 214 g/mol. The summed E-state index contributed by atoms with van der Waals surface area (Å²) >= 11 is -2.61. The second-order valence-electron chi connectivity index (χ2n) is 0.888. The summed E-state index contributed by atoms with van der Waals surface area (Å²) in [6.07, 6.45) is 3.36. The second kappa shape index (κ2) is 22.7. The number of carbonyl (C=O) groups excluding carboxylic acids is 2. The zero-order valence-electron chi connectivity index (χ0n) is 4.84. The maximum atomic E-state index is 9.32. The number of allylic oxidation sites excluding steroid dienone is 2. The van der Waals surface area contributed by atoms with Crippen LogP contribution in [-0.4, -0.2) is 85.0 Å². The third-order valence-corrected chi connectivity index (χ3v) is 0.268. The van der Waals surface area contributed by atoms with E-state index >= 15 is 0 Å². The number of hydrogen-bond donors (Lipinski definition) is 2. The summed E-state index contributed by atoms with van der Waals surface area (Å²) in [4.78, 5) is 18.6. The van der Waals surface area contributed by atoms with Crippen LogP contribution >= 0.6 is 0 Å². The van der Waals surface area contributed by atoms with Crippen LogP contribution in [-0.2, 0) is 21.0 Å². The second-order valence-corrected chi connectivity index (χ2v) is 1.35. The van der Waals surface area contributed by atoms with Gasteiger partial charge in [0.25, 0.3) is 11.4 Å². The Hall–Kier alpha value is 1.15. The van der Waals surface area contributed by atoms with Gasteiger partial charge in [0.1, 0.15) is 12.6 Å². The van der Waals surface area contributed by atoms with Crippen LogP contribution < -0.4 is 0 Å². The average molecular weight is 214 g/mol. The van der Waals surface area contributed by atoms with Gasteiger partial charge in [0.15, 0.2) is 0 Å². The van der Waals surface area contributed by atoms with Gasteiger partial charge in [-0.2, -0.15) is 4.21 Å². The Kier molecular flexibility index (Phi) is 43.9. The summed E-state index contributed by atoms with van der Waals surface area (Å²) in [5, 5.41) is 0. The SMILES string of the molecule is O=C/C=C\C=O.O=S(O)O.[NaH].[NaH]. The molecule has 0 aromatic carbocycles. The molecular weight excluding hydrogens is 206 g/mol. The molecule has 12 heavy (non-hydrogen) atoms. The molecule has 0 bridgehead atoms. The normalized spacial score (nSPS) is 7.25. The first-order valence-electron chi connectivity index (χ1n) is 2.00. The zero-order chi connectivity index (χ0) is 8.41. The Balaban J connectivity index is -0.0000000483. The Morgan fingerprint density at radius 3 is 1.17 bits per heavy atom. The van der Waals surface area contributed by atoms with Crippen LogP contribution in [0.3, 0.4) is 0 Å². The fourth-order valence-electron chi connectivity index (χ4n) is 0.0907. The fourth-order valence-corrected chi connectivity index (χ4v) is 0.0907. The molecule has 62 valence electrons. The first-order valence-corrected chi connectivity index (χ1v) is 3.07. The van der Waals surface area contributed by atoms with Crippen LogP contribution in [0.25, 0.3) is 0 Å². The van der Waals surface area contributed by atoms with Gasteiger partial charge in [-0.25, -0.2) is 0 Å². The van der Waals surface area contributed by atoms with Crippen molar-refractivity contribution in [3.8, 4) is 0 Å². The molecular formula is C4H8Na2O5S. The Bertz CT molecular complexity index is 134. The maximum absolute atomic E-state index is 9.32. The molecule has 0 aliphatic carbocycles. The van der Waals surface area contributed by atoms with E-state index in [0.717, 1.165) is 12.2 Å². The van der Waals surface area contributed by atoms with Gasteiger partial charge in [-0.15, -0.1) is 0 Å². The van der Waals surface area contributed by atoms with Gasteiger partial charge in [0.05, 0.1) is 0 Å². The predicted molar refractivity (Wildman–Crippen MR) is 49.0 cm³/mol. The van der Waals surface area contributed by atoms with Gasteiger partial charge in [-0.05, 0) is 12.2 Å². The molecule has 0 aliphatic heterocycles. The number of hydrogen-bond acceptors (Lipinski definition) is 3. The van der Waals surface area contributed by atoms with E-state index < -0.39 is 11.4 Å². The van der Waals surface area contributed by atoms with Gasteiger partial charge < -0.3 is 0 Å². The molecule has 0 saturated heterocycles. The molecule has 0 aromatic rings. The minimum absolute atomic E-state index is 0. The molecule has 8 heteroatoms. The van der Waals surface area contributed by atoms with E-state index in [-0.39, 0.29) is 59.1 Å². The summed E-state index contributed by atoms with van der Waals surface area (Å²) < 4.78 is 22.8. The van der Waals surface area contributed by atoms with Crippen molar-refractivity contribution < 1.29 is 22.9 Å². The zero-order valence-corrected chi connectivity index (χ0v) is 5.65. The Morgan fingerprint density at radius 1 is 0.917 bits per heavy atom. The third-order valence-electron chi connectivity index (χ3n) is 0.268. The quantitative estimate of drug-likeness (QED) is 0.248. The van der Waals surface area contributed by atoms with Crippen LogP contribution in [0.15, 0.2) is 12.2 Å². The van der Waals surface area contributed by atoms with Crippen molar-refractivity contribution in [1.82, 2.24) is 0 Å². The Labute approximate surface area is 117 Å². The Morgan fingerprint density at radius 2 is 1.08 bits per heavy atom. The van der Waals surface area contributed by atoms with Gasteiger partial charge in [-0.1, -0.05) is 0 Å². The summed E-state index contributed by atoms with van der Waals surface area (Å²) in [6, 6.07) is 0. The van der Waals surface area contributed by atoms with E-state index in [2.05, 4.69) is 0 Å². The van der Waals surface area contributed by atoms with Gasteiger partial charge >= 0.3 is 59.1 Å². The standard InChI is InChI=1S/C4H4O2.2Na.H2O3S.2H/c5-3-1-2-4-6;;;1-4(2)3;;/h1-4H;;;(H2,1,2,3);;/b2-1-;;;;;. The van der Waals surface area contributed by atoms with Crippen molar-refractivity contribution >= 4 is 83.0 Å². The van der Waals surface area contributed by atoms with Crippen molar-refractivity contribution in [1.29, 1.82) is 0 Å². The first kappa shape index (κ1) is 23.2. The number of carbonyl (C=O) groups is 2. The van der Waals surface area contributed by atoms with Crippen molar-refractivity contribution in [2.75, 3.05) is 0 Å². The molecule has 2 N–H and O–H groups in total. The summed E-state index contributed by atoms with van der Waals surface area (Å²) in [5.41, 5.74) is 0. The molecule has 0 radical (unpaired) electrons. The molecule has 0 unspecified atom stereocenters. The van der Waals surface area contributed by atoms with Gasteiger partial charge in [-0.3, -0.25) is 18.7 Å². The van der Waals surface area contributed by atoms with Crippen molar-refractivity contribution in [2.24, 2.45) is 0 Å². The van der Waals surface area contributed by atoms with E-state index in [1.54, 1.807) is 0 Å². The van der Waals surface area contributed by atoms with E-state index in [0.29, 0.717) is 12.6 Å². The van der Waals surface area contributed by atoms with E-state index in [4.69, 9.17) is 13.3 Å². The van der Waals surface area contributed by atoms with Crippen LogP contribution in [0.2, 0.25) is 0 Å². The van der Waals surface area contributed by atoms with Crippen LogP contribution in [0.5, 0.6) is 0 Å². The molecule has 0 fully saturated rings. The van der Waals surface area contributed by atoms with Crippen LogP contribution in [0.1, 0.15) is 0 Å². The predicted octanol–water partition coefficient (Wildman–Crippen LogP) is -1.68. The molecule has 0 saturated carbocycles. The van der Waals surface area contributed by atoms with Crippen molar-refractivity contribution in [3.05, 3.63) is 12.2 Å². The summed E-state index contributed by atoms with van der Waals surface area (Å²) in [6.45, 7) is 0. The summed E-state index contributed by atoms with van der Waals surface area (Å²) in [5.74, 6) is 0.